The van der Waals surface area contributed by atoms with E-state index in [1.54, 1.807) is 6.92 Å². The van der Waals surface area contributed by atoms with Gasteiger partial charge in [-0.15, -0.1) is 0 Å². The first kappa shape index (κ1) is 13.5. The summed E-state index contributed by atoms with van der Waals surface area (Å²) < 4.78 is 5.63. The van der Waals surface area contributed by atoms with Crippen molar-refractivity contribution >= 4 is 0 Å². The number of para-hydroxylation sites is 1. The zero-order chi connectivity index (χ0) is 12.9. The van der Waals surface area contributed by atoms with Gasteiger partial charge in [-0.3, -0.25) is 0 Å². The SMILES string of the molecule is C[C@H](O)c1ccccc1OCCC(C)(C)C#N. The fraction of sp³-hybridized carbons (Fsp3) is 0.500. The van der Waals surface area contributed by atoms with Gasteiger partial charge in [-0.2, -0.15) is 5.26 Å². The van der Waals surface area contributed by atoms with Gasteiger partial charge in [-0.05, 0) is 33.3 Å². The third-order valence-corrected chi connectivity index (χ3v) is 2.66. The van der Waals surface area contributed by atoms with Crippen molar-refractivity contribution in [3.63, 3.8) is 0 Å². The highest BCUT2D eigenvalue weighted by Crippen LogP contribution is 2.26. The zero-order valence-electron chi connectivity index (χ0n) is 10.6. The number of nitriles is 1. The van der Waals surface area contributed by atoms with E-state index in [9.17, 15) is 5.11 Å². The molecule has 0 aliphatic heterocycles. The number of nitrogens with zero attached hydrogens (tertiary/aromatic N) is 1. The summed E-state index contributed by atoms with van der Waals surface area (Å²) in [7, 11) is 0. The molecular formula is C14H19NO2. The summed E-state index contributed by atoms with van der Waals surface area (Å²) in [4.78, 5) is 0. The largest absolute Gasteiger partial charge is 0.493 e. The quantitative estimate of drug-likeness (QED) is 0.850. The molecule has 1 aromatic rings. The van der Waals surface area contributed by atoms with Crippen molar-refractivity contribution < 1.29 is 9.84 Å². The summed E-state index contributed by atoms with van der Waals surface area (Å²) in [5.74, 6) is 0.691. The summed E-state index contributed by atoms with van der Waals surface area (Å²) >= 11 is 0. The van der Waals surface area contributed by atoms with E-state index in [0.29, 0.717) is 18.8 Å². The van der Waals surface area contributed by atoms with Gasteiger partial charge in [0.2, 0.25) is 0 Å². The average molecular weight is 233 g/mol. The Morgan fingerprint density at radius 1 is 1.41 bits per heavy atom. The molecule has 1 rings (SSSR count). The van der Waals surface area contributed by atoms with Crippen molar-refractivity contribution in [1.82, 2.24) is 0 Å². The second-order valence-corrected chi connectivity index (χ2v) is 4.81. The van der Waals surface area contributed by atoms with Crippen molar-refractivity contribution in [3.05, 3.63) is 29.8 Å². The van der Waals surface area contributed by atoms with Gasteiger partial charge in [0.05, 0.1) is 24.2 Å². The normalized spacial score (nSPS) is 12.9. The first-order chi connectivity index (χ1) is 7.96. The molecule has 0 radical (unpaired) electrons. The van der Waals surface area contributed by atoms with E-state index in [1.807, 2.05) is 38.1 Å². The van der Waals surface area contributed by atoms with Crippen molar-refractivity contribution in [2.45, 2.75) is 33.3 Å². The smallest absolute Gasteiger partial charge is 0.125 e. The van der Waals surface area contributed by atoms with E-state index in [0.717, 1.165) is 5.56 Å². The Morgan fingerprint density at radius 3 is 2.65 bits per heavy atom. The molecule has 0 bridgehead atoms. The van der Waals surface area contributed by atoms with Crippen molar-refractivity contribution in [1.29, 1.82) is 5.26 Å². The Bertz CT molecular complexity index is 405. The van der Waals surface area contributed by atoms with Crippen LogP contribution in [-0.4, -0.2) is 11.7 Å². The molecule has 17 heavy (non-hydrogen) atoms. The minimum absolute atomic E-state index is 0.375. The Kier molecular flexibility index (Phi) is 4.53. The standard InChI is InChI=1S/C14H19NO2/c1-11(16)12-6-4-5-7-13(12)17-9-8-14(2,3)10-15/h4-7,11,16H,8-9H2,1-3H3/t11-/m0/s1. The van der Waals surface area contributed by atoms with Crippen LogP contribution in [0, 0.1) is 16.7 Å². The molecule has 1 aromatic carbocycles. The third-order valence-electron chi connectivity index (χ3n) is 2.66. The summed E-state index contributed by atoms with van der Waals surface area (Å²) in [6.07, 6.45) is 0.118. The molecular weight excluding hydrogens is 214 g/mol. The molecule has 1 N–H and O–H groups in total. The lowest BCUT2D eigenvalue weighted by Gasteiger charge is -2.17. The molecule has 3 nitrogen and oxygen atoms in total. The minimum Gasteiger partial charge on any atom is -0.493 e. The molecule has 0 fully saturated rings. The monoisotopic (exact) mass is 233 g/mol. The van der Waals surface area contributed by atoms with Crippen LogP contribution in [-0.2, 0) is 0 Å². The zero-order valence-corrected chi connectivity index (χ0v) is 10.6. The van der Waals surface area contributed by atoms with Gasteiger partial charge < -0.3 is 9.84 Å². The highest BCUT2D eigenvalue weighted by Gasteiger charge is 2.17. The molecule has 0 amide bonds. The van der Waals surface area contributed by atoms with Crippen LogP contribution in [0.5, 0.6) is 5.75 Å². The van der Waals surface area contributed by atoms with Crippen LogP contribution in [0.15, 0.2) is 24.3 Å². The second-order valence-electron chi connectivity index (χ2n) is 4.81. The van der Waals surface area contributed by atoms with Crippen LogP contribution in [0.2, 0.25) is 0 Å². The number of aliphatic hydroxyl groups excluding tert-OH is 1. The molecule has 0 saturated carbocycles. The third kappa shape index (κ3) is 4.08. The lowest BCUT2D eigenvalue weighted by Crippen LogP contribution is -2.13. The molecule has 0 saturated heterocycles. The van der Waals surface area contributed by atoms with Crippen LogP contribution in [0.1, 0.15) is 38.9 Å². The van der Waals surface area contributed by atoms with Crippen molar-refractivity contribution in [2.75, 3.05) is 6.61 Å². The maximum Gasteiger partial charge on any atom is 0.125 e. The molecule has 92 valence electrons. The summed E-state index contributed by atoms with van der Waals surface area (Å²) in [5.41, 5.74) is 0.405. The van der Waals surface area contributed by atoms with Gasteiger partial charge in [0.1, 0.15) is 5.75 Å². The number of benzene rings is 1. The molecule has 0 aromatic heterocycles. The molecule has 0 aliphatic carbocycles. The van der Waals surface area contributed by atoms with E-state index in [-0.39, 0.29) is 5.41 Å². The number of rotatable bonds is 5. The predicted molar refractivity (Wildman–Crippen MR) is 66.6 cm³/mol. The number of hydrogen-bond donors (Lipinski definition) is 1. The van der Waals surface area contributed by atoms with E-state index in [1.165, 1.54) is 0 Å². The Balaban J connectivity index is 2.62. The van der Waals surface area contributed by atoms with Gasteiger partial charge in [-0.25, -0.2) is 0 Å². The molecule has 0 spiro atoms. The lowest BCUT2D eigenvalue weighted by molar-refractivity contribution is 0.188. The minimum atomic E-state index is -0.546. The number of ether oxygens (including phenoxy) is 1. The first-order valence-corrected chi connectivity index (χ1v) is 5.77. The van der Waals surface area contributed by atoms with Gasteiger partial charge in [0, 0.05) is 5.56 Å². The van der Waals surface area contributed by atoms with E-state index in [2.05, 4.69) is 6.07 Å². The van der Waals surface area contributed by atoms with E-state index in [4.69, 9.17) is 10.00 Å². The average Bonchev–Trinajstić information content (AvgIpc) is 2.29. The summed E-state index contributed by atoms with van der Waals surface area (Å²) in [6, 6.07) is 9.65. The summed E-state index contributed by atoms with van der Waals surface area (Å²) in [5, 5.41) is 18.5. The van der Waals surface area contributed by atoms with Crippen LogP contribution >= 0.6 is 0 Å². The van der Waals surface area contributed by atoms with Crippen LogP contribution in [0.3, 0.4) is 0 Å². The fourth-order valence-corrected chi connectivity index (χ4v) is 1.43. The maximum atomic E-state index is 9.58. The van der Waals surface area contributed by atoms with Gasteiger partial charge in [0.25, 0.3) is 0 Å². The van der Waals surface area contributed by atoms with Crippen LogP contribution < -0.4 is 4.74 Å². The number of aliphatic hydroxyl groups is 1. The highest BCUT2D eigenvalue weighted by atomic mass is 16.5. The van der Waals surface area contributed by atoms with Gasteiger partial charge in [0.15, 0.2) is 0 Å². The molecule has 3 heteroatoms. The molecule has 0 aliphatic rings. The molecule has 0 unspecified atom stereocenters. The maximum absolute atomic E-state index is 9.58. The fourth-order valence-electron chi connectivity index (χ4n) is 1.43. The topological polar surface area (TPSA) is 53.2 Å². The van der Waals surface area contributed by atoms with Crippen molar-refractivity contribution in [3.8, 4) is 11.8 Å². The van der Waals surface area contributed by atoms with Crippen LogP contribution in [0.25, 0.3) is 0 Å². The van der Waals surface area contributed by atoms with E-state index < -0.39 is 6.10 Å². The Hall–Kier alpha value is -1.53. The number of hydrogen-bond acceptors (Lipinski definition) is 3. The van der Waals surface area contributed by atoms with Gasteiger partial charge in [-0.1, -0.05) is 18.2 Å². The van der Waals surface area contributed by atoms with Crippen LogP contribution in [0.4, 0.5) is 0 Å². The molecule has 1 atom stereocenters. The van der Waals surface area contributed by atoms with E-state index >= 15 is 0 Å². The predicted octanol–water partition coefficient (Wildman–Crippen LogP) is 3.06. The van der Waals surface area contributed by atoms with Crippen molar-refractivity contribution in [2.24, 2.45) is 5.41 Å². The van der Waals surface area contributed by atoms with Gasteiger partial charge >= 0.3 is 0 Å². The Morgan fingerprint density at radius 2 is 2.06 bits per heavy atom. The summed E-state index contributed by atoms with van der Waals surface area (Å²) in [6.45, 7) is 5.96. The lowest BCUT2D eigenvalue weighted by atomic mass is 9.92. The Labute approximate surface area is 103 Å². The highest BCUT2D eigenvalue weighted by molar-refractivity contribution is 5.34. The first-order valence-electron chi connectivity index (χ1n) is 5.77. The second kappa shape index (κ2) is 5.70. The molecule has 0 heterocycles.